The summed E-state index contributed by atoms with van der Waals surface area (Å²) >= 11 is 0. The SMILES string of the molecule is N#Cc1nccnc1O[C@@H]1CCN(C(=O)Cn2c(=O)oc3ccccc32)C1. The maximum Gasteiger partial charge on any atom is 0.420 e. The number of ether oxygens (including phenoxy) is 1. The number of carbonyl (C=O) groups is 1. The lowest BCUT2D eigenvalue weighted by molar-refractivity contribution is -0.131. The molecule has 2 aromatic heterocycles. The highest BCUT2D eigenvalue weighted by Crippen LogP contribution is 2.19. The molecule has 4 rings (SSSR count). The van der Waals surface area contributed by atoms with E-state index in [2.05, 4.69) is 9.97 Å². The molecule has 0 radical (unpaired) electrons. The van der Waals surface area contributed by atoms with Gasteiger partial charge in [0.1, 0.15) is 18.7 Å². The molecule has 9 heteroatoms. The molecule has 0 bridgehead atoms. The van der Waals surface area contributed by atoms with Crippen molar-refractivity contribution >= 4 is 17.0 Å². The van der Waals surface area contributed by atoms with Gasteiger partial charge in [-0.25, -0.2) is 14.8 Å². The Labute approximate surface area is 153 Å². The van der Waals surface area contributed by atoms with E-state index in [4.69, 9.17) is 14.4 Å². The van der Waals surface area contributed by atoms with E-state index in [-0.39, 0.29) is 30.1 Å². The first-order valence-corrected chi connectivity index (χ1v) is 8.39. The number of oxazole rings is 1. The van der Waals surface area contributed by atoms with Crippen molar-refractivity contribution in [3.05, 3.63) is 52.9 Å². The van der Waals surface area contributed by atoms with Crippen LogP contribution in [0, 0.1) is 11.3 Å². The standard InChI is InChI=1S/C18H15N5O4/c19-9-13-17(21-7-6-20-13)26-12-5-8-22(10-12)16(24)11-23-14-3-1-2-4-15(14)27-18(23)25/h1-4,6-7,12H,5,8,10-11H2/t12-/m1/s1. The lowest BCUT2D eigenvalue weighted by Crippen LogP contribution is -2.35. The molecule has 3 aromatic rings. The second-order valence-electron chi connectivity index (χ2n) is 6.11. The number of hydrogen-bond acceptors (Lipinski definition) is 7. The summed E-state index contributed by atoms with van der Waals surface area (Å²) in [5, 5.41) is 9.05. The van der Waals surface area contributed by atoms with Crippen LogP contribution in [0.1, 0.15) is 12.1 Å². The fourth-order valence-electron chi connectivity index (χ4n) is 3.10. The van der Waals surface area contributed by atoms with Gasteiger partial charge in [0.15, 0.2) is 5.58 Å². The van der Waals surface area contributed by atoms with Gasteiger partial charge < -0.3 is 14.1 Å². The van der Waals surface area contributed by atoms with Crippen molar-refractivity contribution in [3.8, 4) is 11.9 Å². The Bertz CT molecular complexity index is 1100. The maximum atomic E-state index is 12.6. The molecule has 27 heavy (non-hydrogen) atoms. The molecule has 1 aliphatic heterocycles. The summed E-state index contributed by atoms with van der Waals surface area (Å²) in [5.74, 6) is -0.597. The largest absolute Gasteiger partial charge is 0.470 e. The Morgan fingerprint density at radius 2 is 2.15 bits per heavy atom. The minimum Gasteiger partial charge on any atom is -0.470 e. The van der Waals surface area contributed by atoms with Crippen molar-refractivity contribution in [1.82, 2.24) is 19.4 Å². The molecule has 0 spiro atoms. The van der Waals surface area contributed by atoms with E-state index >= 15 is 0 Å². The summed E-state index contributed by atoms with van der Waals surface area (Å²) in [6.45, 7) is 0.748. The van der Waals surface area contributed by atoms with Crippen LogP contribution in [0.15, 0.2) is 45.9 Å². The number of para-hydroxylation sites is 2. The van der Waals surface area contributed by atoms with E-state index in [0.29, 0.717) is 30.6 Å². The fourth-order valence-corrected chi connectivity index (χ4v) is 3.10. The van der Waals surface area contributed by atoms with Crippen molar-refractivity contribution in [2.24, 2.45) is 0 Å². The Morgan fingerprint density at radius 1 is 1.33 bits per heavy atom. The topological polar surface area (TPSA) is 114 Å². The van der Waals surface area contributed by atoms with Crippen molar-refractivity contribution in [2.45, 2.75) is 19.1 Å². The lowest BCUT2D eigenvalue weighted by atomic mass is 10.3. The van der Waals surface area contributed by atoms with Gasteiger partial charge in [-0.3, -0.25) is 9.36 Å². The summed E-state index contributed by atoms with van der Waals surface area (Å²) < 4.78 is 12.2. The number of aromatic nitrogens is 3. The number of hydrogen-bond donors (Lipinski definition) is 0. The highest BCUT2D eigenvalue weighted by molar-refractivity contribution is 5.79. The molecule has 1 fully saturated rings. The van der Waals surface area contributed by atoms with Crippen LogP contribution in [0.25, 0.3) is 11.1 Å². The average molecular weight is 365 g/mol. The molecule has 0 aliphatic carbocycles. The van der Waals surface area contributed by atoms with Gasteiger partial charge >= 0.3 is 5.76 Å². The number of amides is 1. The fraction of sp³-hybridized carbons (Fsp3) is 0.278. The van der Waals surface area contributed by atoms with Gasteiger partial charge in [-0.05, 0) is 12.1 Å². The van der Waals surface area contributed by atoms with E-state index in [9.17, 15) is 9.59 Å². The molecule has 136 valence electrons. The van der Waals surface area contributed by atoms with Crippen LogP contribution in [-0.4, -0.2) is 44.5 Å². The molecule has 1 aliphatic rings. The number of benzene rings is 1. The minimum atomic E-state index is -0.560. The number of rotatable bonds is 4. The molecule has 1 saturated heterocycles. The first kappa shape index (κ1) is 16.8. The molecular formula is C18H15N5O4. The zero-order chi connectivity index (χ0) is 18.8. The average Bonchev–Trinajstić information content (AvgIpc) is 3.27. The van der Waals surface area contributed by atoms with Crippen LogP contribution in [0.2, 0.25) is 0 Å². The molecular weight excluding hydrogens is 350 g/mol. The van der Waals surface area contributed by atoms with Gasteiger partial charge in [0, 0.05) is 25.4 Å². The predicted molar refractivity (Wildman–Crippen MR) is 92.8 cm³/mol. The summed E-state index contributed by atoms with van der Waals surface area (Å²) in [4.78, 5) is 34.2. The van der Waals surface area contributed by atoms with Gasteiger partial charge in [-0.1, -0.05) is 12.1 Å². The molecule has 0 unspecified atom stereocenters. The smallest absolute Gasteiger partial charge is 0.420 e. The zero-order valence-corrected chi connectivity index (χ0v) is 14.2. The third kappa shape index (κ3) is 3.25. The molecule has 1 atom stereocenters. The summed E-state index contributed by atoms with van der Waals surface area (Å²) in [6, 6.07) is 8.90. The normalized spacial score (nSPS) is 16.4. The molecule has 0 N–H and O–H groups in total. The zero-order valence-electron chi connectivity index (χ0n) is 14.2. The van der Waals surface area contributed by atoms with E-state index < -0.39 is 5.76 Å². The van der Waals surface area contributed by atoms with Crippen molar-refractivity contribution < 1.29 is 13.9 Å². The Hall–Kier alpha value is -3.67. The number of carbonyl (C=O) groups excluding carboxylic acids is 1. The molecule has 0 saturated carbocycles. The summed E-state index contributed by atoms with van der Waals surface area (Å²) in [5.41, 5.74) is 1.14. The van der Waals surface area contributed by atoms with Crippen LogP contribution in [0.5, 0.6) is 5.88 Å². The Balaban J connectivity index is 1.44. The summed E-state index contributed by atoms with van der Waals surface area (Å²) in [6.07, 6.45) is 3.19. The van der Waals surface area contributed by atoms with E-state index in [1.54, 1.807) is 29.2 Å². The second kappa shape index (κ2) is 6.92. The van der Waals surface area contributed by atoms with E-state index in [1.165, 1.54) is 17.0 Å². The third-order valence-corrected chi connectivity index (χ3v) is 4.41. The van der Waals surface area contributed by atoms with E-state index in [0.717, 1.165) is 0 Å². The highest BCUT2D eigenvalue weighted by Gasteiger charge is 2.29. The molecule has 3 heterocycles. The Kier molecular flexibility index (Phi) is 4.30. The van der Waals surface area contributed by atoms with Gasteiger partial charge in [-0.15, -0.1) is 0 Å². The number of fused-ring (bicyclic) bond motifs is 1. The minimum absolute atomic E-state index is 0.100. The third-order valence-electron chi connectivity index (χ3n) is 4.41. The van der Waals surface area contributed by atoms with Crippen molar-refractivity contribution in [3.63, 3.8) is 0 Å². The maximum absolute atomic E-state index is 12.6. The quantitative estimate of drug-likeness (QED) is 0.676. The number of nitrogens with zero attached hydrogens (tertiary/aromatic N) is 5. The first-order valence-electron chi connectivity index (χ1n) is 8.39. The highest BCUT2D eigenvalue weighted by atomic mass is 16.5. The van der Waals surface area contributed by atoms with Crippen LogP contribution in [0.4, 0.5) is 0 Å². The van der Waals surface area contributed by atoms with Crippen molar-refractivity contribution in [1.29, 1.82) is 5.26 Å². The van der Waals surface area contributed by atoms with Crippen molar-refractivity contribution in [2.75, 3.05) is 13.1 Å². The van der Waals surface area contributed by atoms with Crippen LogP contribution in [0.3, 0.4) is 0 Å². The van der Waals surface area contributed by atoms with Gasteiger partial charge in [-0.2, -0.15) is 5.26 Å². The first-order chi connectivity index (χ1) is 13.2. The van der Waals surface area contributed by atoms with Crippen LogP contribution >= 0.6 is 0 Å². The number of likely N-dealkylation sites (tertiary alicyclic amines) is 1. The summed E-state index contributed by atoms with van der Waals surface area (Å²) in [7, 11) is 0. The Morgan fingerprint density at radius 3 is 3.00 bits per heavy atom. The molecule has 1 aromatic carbocycles. The molecule has 1 amide bonds. The lowest BCUT2D eigenvalue weighted by Gasteiger charge is -2.17. The monoisotopic (exact) mass is 365 g/mol. The molecule has 9 nitrogen and oxygen atoms in total. The second-order valence-corrected chi connectivity index (χ2v) is 6.11. The van der Waals surface area contributed by atoms with Gasteiger partial charge in [0.05, 0.1) is 12.1 Å². The number of nitriles is 1. The van der Waals surface area contributed by atoms with Gasteiger partial charge in [0.2, 0.25) is 11.6 Å². The van der Waals surface area contributed by atoms with Crippen LogP contribution in [-0.2, 0) is 11.3 Å². The van der Waals surface area contributed by atoms with E-state index in [1.807, 2.05) is 6.07 Å². The van der Waals surface area contributed by atoms with Gasteiger partial charge in [0.25, 0.3) is 5.88 Å². The van der Waals surface area contributed by atoms with Crippen LogP contribution < -0.4 is 10.5 Å². The predicted octanol–water partition coefficient (Wildman–Crippen LogP) is 0.936.